The molecule has 0 spiro atoms. The van der Waals surface area contributed by atoms with Crippen LogP contribution in [0.4, 0.5) is 17.5 Å². The average Bonchev–Trinajstić information content (AvgIpc) is 2.39. The van der Waals surface area contributed by atoms with Gasteiger partial charge in [0, 0.05) is 24.7 Å². The van der Waals surface area contributed by atoms with Crippen molar-refractivity contribution in [2.45, 2.75) is 6.92 Å². The second-order valence-corrected chi connectivity index (χ2v) is 3.83. The van der Waals surface area contributed by atoms with Crippen molar-refractivity contribution in [2.24, 2.45) is 0 Å². The minimum atomic E-state index is -0.476. The third-order valence-electron chi connectivity index (χ3n) is 2.35. The van der Waals surface area contributed by atoms with Gasteiger partial charge in [0.1, 0.15) is 11.6 Å². The van der Waals surface area contributed by atoms with Crippen LogP contribution in [0.25, 0.3) is 0 Å². The van der Waals surface area contributed by atoms with Crippen molar-refractivity contribution in [1.29, 1.82) is 0 Å². The van der Waals surface area contributed by atoms with Crippen molar-refractivity contribution in [3.05, 3.63) is 40.4 Å². The van der Waals surface area contributed by atoms with E-state index >= 15 is 0 Å². The Morgan fingerprint density at radius 3 is 2.65 bits per heavy atom. The minimum Gasteiger partial charge on any atom is -0.439 e. The van der Waals surface area contributed by atoms with Crippen LogP contribution < -0.4 is 15.8 Å². The first-order chi connectivity index (χ1) is 9.58. The quantitative estimate of drug-likeness (QED) is 0.634. The van der Waals surface area contributed by atoms with E-state index < -0.39 is 4.92 Å². The number of ether oxygens (including phenoxy) is 1. The summed E-state index contributed by atoms with van der Waals surface area (Å²) >= 11 is 0. The fraction of sp³-hybridized carbons (Fsp3) is 0.167. The molecule has 0 bridgehead atoms. The van der Waals surface area contributed by atoms with E-state index in [1.54, 1.807) is 6.07 Å². The van der Waals surface area contributed by atoms with Gasteiger partial charge in [-0.05, 0) is 19.1 Å². The Balaban J connectivity index is 2.18. The first kappa shape index (κ1) is 13.5. The largest absolute Gasteiger partial charge is 0.439 e. The fourth-order valence-electron chi connectivity index (χ4n) is 1.52. The number of hydrogen-bond acceptors (Lipinski definition) is 7. The van der Waals surface area contributed by atoms with Crippen molar-refractivity contribution in [1.82, 2.24) is 9.97 Å². The summed E-state index contributed by atoms with van der Waals surface area (Å²) < 4.78 is 5.49. The van der Waals surface area contributed by atoms with Crippen molar-refractivity contribution >= 4 is 17.5 Å². The monoisotopic (exact) mass is 275 g/mol. The van der Waals surface area contributed by atoms with Gasteiger partial charge in [-0.3, -0.25) is 10.1 Å². The normalized spacial score (nSPS) is 10.1. The molecule has 0 saturated heterocycles. The van der Waals surface area contributed by atoms with Crippen LogP contribution in [0.2, 0.25) is 0 Å². The minimum absolute atomic E-state index is 0.00658. The maximum atomic E-state index is 10.6. The summed E-state index contributed by atoms with van der Waals surface area (Å²) in [5.41, 5.74) is 5.57. The van der Waals surface area contributed by atoms with Crippen molar-refractivity contribution in [3.63, 3.8) is 0 Å². The van der Waals surface area contributed by atoms with Gasteiger partial charge in [0.25, 0.3) is 5.69 Å². The second kappa shape index (κ2) is 5.83. The Labute approximate surface area is 114 Å². The van der Waals surface area contributed by atoms with E-state index in [-0.39, 0.29) is 17.5 Å². The molecular weight excluding hydrogens is 262 g/mol. The van der Waals surface area contributed by atoms with Crippen LogP contribution in [0.15, 0.2) is 30.3 Å². The molecule has 0 amide bonds. The van der Waals surface area contributed by atoms with Crippen molar-refractivity contribution < 1.29 is 9.66 Å². The summed E-state index contributed by atoms with van der Waals surface area (Å²) in [5, 5.41) is 13.5. The SMILES string of the molecule is CCNc1cc(Oc2ccc([N+](=O)[O-])cc2)nc(N)n1. The van der Waals surface area contributed by atoms with Crippen LogP contribution in [0.1, 0.15) is 6.92 Å². The molecule has 8 heteroatoms. The van der Waals surface area contributed by atoms with Crippen LogP contribution in [-0.4, -0.2) is 21.4 Å². The Hall–Kier alpha value is -2.90. The van der Waals surface area contributed by atoms with Crippen LogP contribution in [0.3, 0.4) is 0 Å². The number of nitrogen functional groups attached to an aromatic ring is 1. The predicted octanol–water partition coefficient (Wildman–Crippen LogP) is 2.19. The van der Waals surface area contributed by atoms with Gasteiger partial charge < -0.3 is 15.8 Å². The Morgan fingerprint density at radius 2 is 2.05 bits per heavy atom. The van der Waals surface area contributed by atoms with E-state index in [0.717, 1.165) is 0 Å². The number of aromatic nitrogens is 2. The summed E-state index contributed by atoms with van der Waals surface area (Å²) in [4.78, 5) is 18.0. The van der Waals surface area contributed by atoms with Gasteiger partial charge in [-0.25, -0.2) is 0 Å². The number of non-ortho nitro benzene ring substituents is 1. The molecule has 1 aromatic carbocycles. The number of anilines is 2. The smallest absolute Gasteiger partial charge is 0.269 e. The standard InChI is InChI=1S/C12H13N5O3/c1-2-14-10-7-11(16-12(13)15-10)20-9-5-3-8(4-6-9)17(18)19/h3-7H,2H2,1H3,(H3,13,14,15,16). The van der Waals surface area contributed by atoms with E-state index in [1.165, 1.54) is 24.3 Å². The fourth-order valence-corrected chi connectivity index (χ4v) is 1.52. The molecule has 0 atom stereocenters. The number of nitrogens with zero attached hydrogens (tertiary/aromatic N) is 3. The van der Waals surface area contributed by atoms with Gasteiger partial charge in [-0.15, -0.1) is 0 Å². The molecule has 104 valence electrons. The third-order valence-corrected chi connectivity index (χ3v) is 2.35. The molecule has 0 fully saturated rings. The summed E-state index contributed by atoms with van der Waals surface area (Å²) in [5.74, 6) is 1.33. The Kier molecular flexibility index (Phi) is 3.94. The van der Waals surface area contributed by atoms with E-state index in [4.69, 9.17) is 10.5 Å². The third kappa shape index (κ3) is 3.31. The average molecular weight is 275 g/mol. The molecule has 20 heavy (non-hydrogen) atoms. The molecule has 2 aromatic rings. The summed E-state index contributed by atoms with van der Waals surface area (Å²) in [6.45, 7) is 2.61. The molecule has 1 heterocycles. The van der Waals surface area contributed by atoms with Crippen molar-refractivity contribution in [3.8, 4) is 11.6 Å². The molecule has 0 unspecified atom stereocenters. The zero-order chi connectivity index (χ0) is 14.5. The van der Waals surface area contributed by atoms with Crippen LogP contribution >= 0.6 is 0 Å². The van der Waals surface area contributed by atoms with Crippen LogP contribution in [0, 0.1) is 10.1 Å². The molecule has 0 radical (unpaired) electrons. The van der Waals surface area contributed by atoms with Gasteiger partial charge in [0.05, 0.1) is 4.92 Å². The van der Waals surface area contributed by atoms with Gasteiger partial charge >= 0.3 is 0 Å². The van der Waals surface area contributed by atoms with Crippen LogP contribution in [0.5, 0.6) is 11.6 Å². The lowest BCUT2D eigenvalue weighted by Gasteiger charge is -2.07. The molecule has 3 N–H and O–H groups in total. The Morgan fingerprint density at radius 1 is 1.35 bits per heavy atom. The molecule has 8 nitrogen and oxygen atoms in total. The van der Waals surface area contributed by atoms with E-state index in [1.807, 2.05) is 6.92 Å². The molecule has 0 saturated carbocycles. The number of nitro benzene ring substituents is 1. The van der Waals surface area contributed by atoms with Crippen LogP contribution in [-0.2, 0) is 0 Å². The highest BCUT2D eigenvalue weighted by molar-refractivity contribution is 5.44. The number of benzene rings is 1. The van der Waals surface area contributed by atoms with Gasteiger partial charge in [-0.1, -0.05) is 0 Å². The molecular formula is C12H13N5O3. The molecule has 0 aliphatic rings. The van der Waals surface area contributed by atoms with E-state index in [0.29, 0.717) is 18.1 Å². The maximum absolute atomic E-state index is 10.6. The maximum Gasteiger partial charge on any atom is 0.269 e. The summed E-state index contributed by atoms with van der Waals surface area (Å²) in [6.07, 6.45) is 0. The number of rotatable bonds is 5. The number of nitrogens with two attached hydrogens (primary N) is 1. The molecule has 1 aromatic heterocycles. The predicted molar refractivity (Wildman–Crippen MR) is 73.8 cm³/mol. The highest BCUT2D eigenvalue weighted by Crippen LogP contribution is 2.24. The van der Waals surface area contributed by atoms with Crippen molar-refractivity contribution in [2.75, 3.05) is 17.6 Å². The molecule has 0 aliphatic carbocycles. The summed E-state index contributed by atoms with van der Waals surface area (Å²) in [7, 11) is 0. The number of nitro groups is 1. The lowest BCUT2D eigenvalue weighted by molar-refractivity contribution is -0.384. The summed E-state index contributed by atoms with van der Waals surface area (Å²) in [6, 6.07) is 7.28. The number of nitrogens with one attached hydrogen (secondary N) is 1. The topological polar surface area (TPSA) is 116 Å². The molecule has 2 rings (SSSR count). The van der Waals surface area contributed by atoms with E-state index in [2.05, 4.69) is 15.3 Å². The Bertz CT molecular complexity index is 615. The highest BCUT2D eigenvalue weighted by atomic mass is 16.6. The lowest BCUT2D eigenvalue weighted by Crippen LogP contribution is -2.04. The zero-order valence-electron chi connectivity index (χ0n) is 10.7. The number of hydrogen-bond donors (Lipinski definition) is 2. The zero-order valence-corrected chi connectivity index (χ0v) is 10.7. The highest BCUT2D eigenvalue weighted by Gasteiger charge is 2.07. The van der Waals surface area contributed by atoms with Gasteiger partial charge in [0.15, 0.2) is 0 Å². The van der Waals surface area contributed by atoms with Gasteiger partial charge in [-0.2, -0.15) is 9.97 Å². The van der Waals surface area contributed by atoms with E-state index in [9.17, 15) is 10.1 Å². The first-order valence-electron chi connectivity index (χ1n) is 5.89. The molecule has 0 aliphatic heterocycles. The van der Waals surface area contributed by atoms with Gasteiger partial charge in [0.2, 0.25) is 11.8 Å². The second-order valence-electron chi connectivity index (χ2n) is 3.83. The lowest BCUT2D eigenvalue weighted by atomic mass is 10.3. The first-order valence-corrected chi connectivity index (χ1v) is 5.89.